The highest BCUT2D eigenvalue weighted by Gasteiger charge is 2.03. The van der Waals surface area contributed by atoms with Crippen LogP contribution in [0.4, 0.5) is 4.39 Å². The molecule has 1 aromatic heterocycles. The fourth-order valence-corrected chi connectivity index (χ4v) is 1.51. The van der Waals surface area contributed by atoms with E-state index in [-0.39, 0.29) is 43.3 Å². The molecule has 1 heterocycles. The molecule has 110 valence electrons. The Labute approximate surface area is 130 Å². The molecule has 1 aromatic carbocycles. The highest BCUT2D eigenvalue weighted by molar-refractivity contribution is 5.85. The van der Waals surface area contributed by atoms with Crippen molar-refractivity contribution in [2.45, 2.75) is 19.6 Å². The van der Waals surface area contributed by atoms with Gasteiger partial charge in [0.2, 0.25) is 5.88 Å². The molecule has 6 heteroatoms. The predicted molar refractivity (Wildman–Crippen MR) is 82.1 cm³/mol. The molecule has 3 nitrogen and oxygen atoms in total. The fraction of sp³-hybridized carbons (Fsp3) is 0.214. The van der Waals surface area contributed by atoms with E-state index in [1.165, 1.54) is 6.07 Å². The molecular formula is C14H17Cl2FN2O. The van der Waals surface area contributed by atoms with Crippen molar-refractivity contribution in [3.63, 3.8) is 0 Å². The van der Waals surface area contributed by atoms with E-state index < -0.39 is 0 Å². The molecule has 0 bridgehead atoms. The molecule has 2 N–H and O–H groups in total. The lowest BCUT2D eigenvalue weighted by Gasteiger charge is -2.08. The Morgan fingerprint density at radius 2 is 1.90 bits per heavy atom. The van der Waals surface area contributed by atoms with Gasteiger partial charge in [-0.25, -0.2) is 9.37 Å². The zero-order valence-corrected chi connectivity index (χ0v) is 12.6. The van der Waals surface area contributed by atoms with E-state index in [0.717, 1.165) is 5.56 Å². The van der Waals surface area contributed by atoms with E-state index in [4.69, 9.17) is 10.5 Å². The first-order valence-corrected chi connectivity index (χ1v) is 5.74. The fourth-order valence-electron chi connectivity index (χ4n) is 1.51. The Morgan fingerprint density at radius 1 is 1.20 bits per heavy atom. The minimum atomic E-state index is -0.273. The molecule has 0 radical (unpaired) electrons. The van der Waals surface area contributed by atoms with Crippen LogP contribution in [0, 0.1) is 5.82 Å². The highest BCUT2D eigenvalue weighted by Crippen LogP contribution is 2.14. The predicted octanol–water partition coefficient (Wildman–Crippen LogP) is 3.66. The van der Waals surface area contributed by atoms with Crippen LogP contribution in [0.5, 0.6) is 5.88 Å². The van der Waals surface area contributed by atoms with Gasteiger partial charge in [-0.15, -0.1) is 24.8 Å². The number of benzene rings is 1. The summed E-state index contributed by atoms with van der Waals surface area (Å²) in [5.41, 5.74) is 7.17. The summed E-state index contributed by atoms with van der Waals surface area (Å²) in [6.45, 7) is 2.05. The van der Waals surface area contributed by atoms with E-state index in [0.29, 0.717) is 11.4 Å². The molecule has 0 aliphatic heterocycles. The second-order valence-corrected chi connectivity index (χ2v) is 4.10. The van der Waals surface area contributed by atoms with E-state index in [1.807, 2.05) is 13.0 Å². The van der Waals surface area contributed by atoms with Gasteiger partial charge in [-0.3, -0.25) is 0 Å². The van der Waals surface area contributed by atoms with Crippen LogP contribution in [0.25, 0.3) is 0 Å². The molecule has 1 atom stereocenters. The van der Waals surface area contributed by atoms with E-state index >= 15 is 0 Å². The van der Waals surface area contributed by atoms with Gasteiger partial charge in [0, 0.05) is 23.9 Å². The Hall–Kier alpha value is -1.36. The van der Waals surface area contributed by atoms with Gasteiger partial charge in [0.05, 0.1) is 0 Å². The maximum Gasteiger partial charge on any atom is 0.213 e. The van der Waals surface area contributed by atoms with Crippen molar-refractivity contribution in [3.8, 4) is 5.88 Å². The summed E-state index contributed by atoms with van der Waals surface area (Å²) in [5.74, 6) is 0.187. The van der Waals surface area contributed by atoms with Crippen molar-refractivity contribution in [1.82, 2.24) is 4.98 Å². The summed E-state index contributed by atoms with van der Waals surface area (Å²) in [6, 6.07) is 10.0. The topological polar surface area (TPSA) is 48.1 Å². The molecule has 0 saturated carbocycles. The first-order valence-electron chi connectivity index (χ1n) is 5.74. The number of rotatable bonds is 4. The van der Waals surface area contributed by atoms with Crippen LogP contribution in [-0.2, 0) is 6.61 Å². The molecule has 0 aliphatic rings. The zero-order chi connectivity index (χ0) is 13.0. The number of aromatic nitrogens is 1. The van der Waals surface area contributed by atoms with Crippen molar-refractivity contribution >= 4 is 24.8 Å². The van der Waals surface area contributed by atoms with Crippen LogP contribution >= 0.6 is 24.8 Å². The Bertz CT molecular complexity index is 521. The molecule has 0 fully saturated rings. The minimum Gasteiger partial charge on any atom is -0.473 e. The molecule has 0 unspecified atom stereocenters. The lowest BCUT2D eigenvalue weighted by atomic mass is 10.2. The number of halogens is 3. The standard InChI is InChI=1S/C14H15FN2O.2ClH/c1-10(16)11-6-7-14(17-8-11)18-9-12-4-2-3-5-13(12)15;;/h2-8,10H,9,16H2,1H3;2*1H/t10-;;/m1../s1. The van der Waals surface area contributed by atoms with Crippen LogP contribution in [0.2, 0.25) is 0 Å². The monoisotopic (exact) mass is 318 g/mol. The SMILES string of the molecule is C[C@@H](N)c1ccc(OCc2ccccc2F)nc1.Cl.Cl. The van der Waals surface area contributed by atoms with Crippen molar-refractivity contribution in [2.75, 3.05) is 0 Å². The summed E-state index contributed by atoms with van der Waals surface area (Å²) in [4.78, 5) is 4.12. The maximum absolute atomic E-state index is 13.3. The molecule has 20 heavy (non-hydrogen) atoms. The summed E-state index contributed by atoms with van der Waals surface area (Å²) >= 11 is 0. The van der Waals surface area contributed by atoms with Crippen molar-refractivity contribution in [2.24, 2.45) is 5.73 Å². The average molecular weight is 319 g/mol. The van der Waals surface area contributed by atoms with Gasteiger partial charge in [0.15, 0.2) is 0 Å². The lowest BCUT2D eigenvalue weighted by Crippen LogP contribution is -2.06. The molecular weight excluding hydrogens is 302 g/mol. The van der Waals surface area contributed by atoms with Crippen LogP contribution in [-0.4, -0.2) is 4.98 Å². The Kier molecular flexibility index (Phi) is 8.15. The number of pyridine rings is 1. The summed E-state index contributed by atoms with van der Waals surface area (Å²) in [7, 11) is 0. The van der Waals surface area contributed by atoms with Gasteiger partial charge >= 0.3 is 0 Å². The number of nitrogens with two attached hydrogens (primary N) is 1. The first kappa shape index (κ1) is 18.6. The third-order valence-electron chi connectivity index (χ3n) is 2.62. The van der Waals surface area contributed by atoms with Crippen molar-refractivity contribution in [3.05, 3.63) is 59.5 Å². The normalized spacial score (nSPS) is 10.9. The van der Waals surface area contributed by atoms with Gasteiger partial charge in [-0.05, 0) is 18.6 Å². The molecule has 2 rings (SSSR count). The van der Waals surface area contributed by atoms with Crippen LogP contribution < -0.4 is 10.5 Å². The number of hydrogen-bond donors (Lipinski definition) is 1. The number of nitrogens with zero attached hydrogens (tertiary/aromatic N) is 1. The Balaban J connectivity index is 0.00000180. The van der Waals surface area contributed by atoms with Crippen molar-refractivity contribution < 1.29 is 9.13 Å². The highest BCUT2D eigenvalue weighted by atomic mass is 35.5. The van der Waals surface area contributed by atoms with E-state index in [1.54, 1.807) is 30.5 Å². The minimum absolute atomic E-state index is 0. The molecule has 0 amide bonds. The Morgan fingerprint density at radius 3 is 2.45 bits per heavy atom. The van der Waals surface area contributed by atoms with Gasteiger partial charge in [0.25, 0.3) is 0 Å². The third-order valence-corrected chi connectivity index (χ3v) is 2.62. The van der Waals surface area contributed by atoms with Gasteiger partial charge < -0.3 is 10.5 Å². The lowest BCUT2D eigenvalue weighted by molar-refractivity contribution is 0.288. The van der Waals surface area contributed by atoms with Crippen LogP contribution in [0.15, 0.2) is 42.6 Å². The third kappa shape index (κ3) is 4.96. The number of hydrogen-bond acceptors (Lipinski definition) is 3. The van der Waals surface area contributed by atoms with Gasteiger partial charge in [-0.2, -0.15) is 0 Å². The maximum atomic E-state index is 13.3. The van der Waals surface area contributed by atoms with Crippen LogP contribution in [0.1, 0.15) is 24.1 Å². The second kappa shape index (κ2) is 8.74. The molecule has 0 saturated heterocycles. The zero-order valence-electron chi connectivity index (χ0n) is 11.0. The van der Waals surface area contributed by atoms with Crippen molar-refractivity contribution in [1.29, 1.82) is 0 Å². The summed E-state index contributed by atoms with van der Waals surface area (Å²) in [6.07, 6.45) is 1.67. The largest absolute Gasteiger partial charge is 0.473 e. The quantitative estimate of drug-likeness (QED) is 0.935. The smallest absolute Gasteiger partial charge is 0.213 e. The summed E-state index contributed by atoms with van der Waals surface area (Å²) < 4.78 is 18.8. The molecule has 2 aromatic rings. The van der Waals surface area contributed by atoms with E-state index in [2.05, 4.69) is 4.98 Å². The second-order valence-electron chi connectivity index (χ2n) is 4.10. The van der Waals surface area contributed by atoms with E-state index in [9.17, 15) is 4.39 Å². The molecule has 0 spiro atoms. The number of ether oxygens (including phenoxy) is 1. The first-order chi connectivity index (χ1) is 8.66. The van der Waals surface area contributed by atoms with Crippen LogP contribution in [0.3, 0.4) is 0 Å². The summed E-state index contributed by atoms with van der Waals surface area (Å²) in [5, 5.41) is 0. The van der Waals surface area contributed by atoms with Gasteiger partial charge in [0.1, 0.15) is 12.4 Å². The van der Waals surface area contributed by atoms with Gasteiger partial charge in [-0.1, -0.05) is 24.3 Å². The average Bonchev–Trinajstić information content (AvgIpc) is 2.38. The molecule has 0 aliphatic carbocycles.